The van der Waals surface area contributed by atoms with Crippen LogP contribution in [0.15, 0.2) is 65.6 Å². The number of para-hydroxylation sites is 1. The zero-order chi connectivity index (χ0) is 22.1. The highest BCUT2D eigenvalue weighted by atomic mass is 16.7. The second-order valence-corrected chi connectivity index (χ2v) is 6.64. The summed E-state index contributed by atoms with van der Waals surface area (Å²) in [7, 11) is 0. The molecule has 1 aliphatic carbocycles. The van der Waals surface area contributed by atoms with Gasteiger partial charge in [-0.2, -0.15) is 0 Å². The molecule has 3 rings (SSSR count). The molecule has 2 N–H and O–H groups in total. The summed E-state index contributed by atoms with van der Waals surface area (Å²) in [5.41, 5.74) is 0.607. The smallest absolute Gasteiger partial charge is 0.297 e. The van der Waals surface area contributed by atoms with Crippen molar-refractivity contribution in [2.75, 3.05) is 10.6 Å². The van der Waals surface area contributed by atoms with Gasteiger partial charge in [0.1, 0.15) is 0 Å². The fraction of sp³-hybridized carbons (Fsp3) is 0.250. The lowest BCUT2D eigenvalue weighted by Crippen LogP contribution is -2.29. The molecule has 0 spiro atoms. The van der Waals surface area contributed by atoms with Crippen LogP contribution in [0.3, 0.4) is 0 Å². The summed E-state index contributed by atoms with van der Waals surface area (Å²) < 4.78 is 0. The molecule has 0 bridgehead atoms. The van der Waals surface area contributed by atoms with Gasteiger partial charge in [-0.1, -0.05) is 23.4 Å². The van der Waals surface area contributed by atoms with Crippen LogP contribution in [0.25, 0.3) is 0 Å². The Hall–Kier alpha value is -4.15. The minimum atomic E-state index is -0.919. The van der Waals surface area contributed by atoms with Gasteiger partial charge in [0.05, 0.1) is 0 Å². The Morgan fingerprint density at radius 2 is 1.87 bits per heavy atom. The molecule has 1 atom stereocenters. The normalized spacial score (nSPS) is 17.6. The molecule has 2 aromatic rings. The van der Waals surface area contributed by atoms with Crippen molar-refractivity contribution < 1.29 is 19.3 Å². The number of nitro groups is 1. The molecule has 1 unspecified atom stereocenters. The van der Waals surface area contributed by atoms with Crippen LogP contribution in [0, 0.1) is 10.1 Å². The molecule has 1 aliphatic rings. The van der Waals surface area contributed by atoms with Crippen LogP contribution in [0.1, 0.15) is 25.7 Å². The first-order chi connectivity index (χ1) is 15.0. The maximum Gasteiger partial charge on any atom is 0.437 e. The number of hydrogen-bond donors (Lipinski definition) is 2. The molecule has 0 aliphatic heterocycles. The molecule has 2 amide bonds. The second-order valence-electron chi connectivity index (χ2n) is 6.64. The molecular weight excluding hydrogens is 404 g/mol. The van der Waals surface area contributed by atoms with E-state index in [0.717, 1.165) is 12.8 Å². The largest absolute Gasteiger partial charge is 0.437 e. The summed E-state index contributed by atoms with van der Waals surface area (Å²) >= 11 is 0. The molecule has 1 aromatic carbocycles. The van der Waals surface area contributed by atoms with E-state index in [4.69, 9.17) is 4.84 Å². The molecular formula is C20H20N6O5. The molecule has 11 nitrogen and oxygen atoms in total. The molecule has 1 fully saturated rings. The van der Waals surface area contributed by atoms with Gasteiger partial charge in [0.25, 0.3) is 5.91 Å². The molecule has 1 saturated carbocycles. The number of oxime groups is 1. The summed E-state index contributed by atoms with van der Waals surface area (Å²) in [6.45, 7) is 0. The Morgan fingerprint density at radius 3 is 2.58 bits per heavy atom. The van der Waals surface area contributed by atoms with Crippen LogP contribution in [0.5, 0.6) is 0 Å². The molecule has 0 saturated heterocycles. The maximum atomic E-state index is 12.7. The Bertz CT molecular complexity index is 994. The first-order valence-corrected chi connectivity index (χ1v) is 9.56. The molecule has 11 heteroatoms. The number of anilines is 2. The number of carbonyl (C=O) groups is 2. The lowest BCUT2D eigenvalue weighted by atomic mass is 9.89. The van der Waals surface area contributed by atoms with Gasteiger partial charge in [-0.3, -0.25) is 30.4 Å². The van der Waals surface area contributed by atoms with E-state index in [1.165, 1.54) is 18.5 Å². The van der Waals surface area contributed by atoms with Crippen LogP contribution in [-0.4, -0.2) is 38.6 Å². The first kappa shape index (κ1) is 21.6. The van der Waals surface area contributed by atoms with Gasteiger partial charge < -0.3 is 0 Å². The number of nitrogens with one attached hydrogen (secondary N) is 2. The highest BCUT2D eigenvalue weighted by Gasteiger charge is 2.29. The third-order valence-electron chi connectivity index (χ3n) is 4.47. The molecule has 31 heavy (non-hydrogen) atoms. The summed E-state index contributed by atoms with van der Waals surface area (Å²) in [6, 6.07) is 9.19. The second kappa shape index (κ2) is 10.6. The van der Waals surface area contributed by atoms with Gasteiger partial charge >= 0.3 is 6.09 Å². The predicted molar refractivity (Wildman–Crippen MR) is 112 cm³/mol. The Morgan fingerprint density at radius 1 is 1.13 bits per heavy atom. The Balaban J connectivity index is 1.81. The third-order valence-corrected chi connectivity index (χ3v) is 4.47. The topological polar surface area (TPSA) is 149 Å². The van der Waals surface area contributed by atoms with E-state index in [1.54, 1.807) is 36.4 Å². The van der Waals surface area contributed by atoms with Gasteiger partial charge in [0.15, 0.2) is 5.71 Å². The Labute approximate surface area is 177 Å². The van der Waals surface area contributed by atoms with Crippen molar-refractivity contribution in [2.24, 2.45) is 5.16 Å². The summed E-state index contributed by atoms with van der Waals surface area (Å²) in [5, 5.41) is 19.9. The molecule has 160 valence electrons. The van der Waals surface area contributed by atoms with E-state index in [-0.39, 0.29) is 16.6 Å². The third kappa shape index (κ3) is 6.42. The number of amides is 2. The quantitative estimate of drug-likeness (QED) is 0.313. The van der Waals surface area contributed by atoms with Gasteiger partial charge in [-0.05, 0) is 43.5 Å². The van der Waals surface area contributed by atoms with Gasteiger partial charge in [0, 0.05) is 35.0 Å². The van der Waals surface area contributed by atoms with E-state index in [1.807, 2.05) is 0 Å². The first-order valence-electron chi connectivity index (χ1n) is 9.56. The highest BCUT2D eigenvalue weighted by molar-refractivity contribution is 6.47. The van der Waals surface area contributed by atoms with Gasteiger partial charge in [-0.15, -0.1) is 0 Å². The standard InChI is InChI=1S/C20H20N6O5/c27-18(24-19-21-11-6-12-22-19)16(13-14-7-4-5-10-17(14)26(29)30)25-31-20(28)23-15-8-2-1-3-9-15/h1-3,6,8-9,11-13,17H,4-5,7,10H2,(H,23,28)(H,21,22,24,27)/b14-13+,25-16+. The number of nitrogens with zero attached hydrogens (tertiary/aromatic N) is 4. The zero-order valence-corrected chi connectivity index (χ0v) is 16.4. The van der Waals surface area contributed by atoms with Crippen molar-refractivity contribution in [2.45, 2.75) is 31.7 Å². The number of carbonyl (C=O) groups excluding carboxylic acids is 2. The molecule has 1 heterocycles. The van der Waals surface area contributed by atoms with Crippen molar-refractivity contribution in [1.29, 1.82) is 0 Å². The monoisotopic (exact) mass is 424 g/mol. The summed E-state index contributed by atoms with van der Waals surface area (Å²) in [5.74, 6) is -0.749. The number of rotatable bonds is 6. The Kier molecular flexibility index (Phi) is 7.35. The van der Waals surface area contributed by atoms with Crippen molar-refractivity contribution >= 4 is 29.3 Å². The number of hydrogen-bond acceptors (Lipinski definition) is 8. The van der Waals surface area contributed by atoms with E-state index < -0.39 is 18.0 Å². The van der Waals surface area contributed by atoms with Crippen molar-refractivity contribution in [3.05, 3.63) is 70.6 Å². The average molecular weight is 424 g/mol. The van der Waals surface area contributed by atoms with Crippen molar-refractivity contribution in [3.63, 3.8) is 0 Å². The average Bonchev–Trinajstić information content (AvgIpc) is 2.78. The van der Waals surface area contributed by atoms with E-state index in [9.17, 15) is 19.7 Å². The van der Waals surface area contributed by atoms with Crippen LogP contribution < -0.4 is 10.6 Å². The summed E-state index contributed by atoms with van der Waals surface area (Å²) in [4.78, 5) is 48.3. The predicted octanol–water partition coefficient (Wildman–Crippen LogP) is 3.17. The molecule has 1 aromatic heterocycles. The maximum absolute atomic E-state index is 12.7. The number of aromatic nitrogens is 2. The van der Waals surface area contributed by atoms with Crippen LogP contribution in [0.4, 0.5) is 16.4 Å². The van der Waals surface area contributed by atoms with Crippen LogP contribution in [0.2, 0.25) is 0 Å². The fourth-order valence-corrected chi connectivity index (χ4v) is 3.02. The zero-order valence-electron chi connectivity index (χ0n) is 16.4. The van der Waals surface area contributed by atoms with Crippen LogP contribution in [-0.2, 0) is 9.63 Å². The number of benzene rings is 1. The van der Waals surface area contributed by atoms with Gasteiger partial charge in [0.2, 0.25) is 12.0 Å². The minimum absolute atomic E-state index is 0.0156. The van der Waals surface area contributed by atoms with Crippen molar-refractivity contribution in [1.82, 2.24) is 9.97 Å². The van der Waals surface area contributed by atoms with Gasteiger partial charge in [-0.25, -0.2) is 14.8 Å². The van der Waals surface area contributed by atoms with E-state index in [2.05, 4.69) is 25.8 Å². The van der Waals surface area contributed by atoms with E-state index >= 15 is 0 Å². The molecule has 0 radical (unpaired) electrons. The highest BCUT2D eigenvalue weighted by Crippen LogP contribution is 2.26. The summed E-state index contributed by atoms with van der Waals surface area (Å²) in [6.07, 6.45) is 5.52. The minimum Gasteiger partial charge on any atom is -0.297 e. The SMILES string of the molecule is O=C(Nc1ccccc1)O/N=C(\C=C1/CCCCC1[N+](=O)[O-])C(=O)Nc1ncccn1. The van der Waals surface area contributed by atoms with E-state index in [0.29, 0.717) is 24.1 Å². The van der Waals surface area contributed by atoms with Crippen LogP contribution >= 0.6 is 0 Å². The fourth-order valence-electron chi connectivity index (χ4n) is 3.02. The van der Waals surface area contributed by atoms with Crippen molar-refractivity contribution in [3.8, 4) is 0 Å². The lowest BCUT2D eigenvalue weighted by Gasteiger charge is -2.18. The lowest BCUT2D eigenvalue weighted by molar-refractivity contribution is -0.514.